The van der Waals surface area contributed by atoms with Gasteiger partial charge in [-0.3, -0.25) is 9.59 Å². The number of allylic oxidation sites excluding steroid dienone is 2. The van der Waals surface area contributed by atoms with Crippen LogP contribution in [0.25, 0.3) is 11.0 Å². The van der Waals surface area contributed by atoms with Crippen LogP contribution in [0.2, 0.25) is 0 Å². The third-order valence-corrected chi connectivity index (χ3v) is 12.1. The Morgan fingerprint density at radius 2 is 1.55 bits per heavy atom. The van der Waals surface area contributed by atoms with Gasteiger partial charge in [0.15, 0.2) is 17.3 Å². The number of Topliss-reactive ketones (excluding diaryl/α,β-unsaturated/α-hetero) is 2. The van der Waals surface area contributed by atoms with Crippen LogP contribution in [0.15, 0.2) is 62.7 Å². The van der Waals surface area contributed by atoms with E-state index in [1.165, 1.54) is 24.3 Å². The number of fused-ring (bicyclic) bond motifs is 4. The van der Waals surface area contributed by atoms with Gasteiger partial charge in [-0.25, -0.2) is 21.6 Å². The first kappa shape index (κ1) is 44.7. The standard InChI is InChI=1S/C40H50N2O10S2.Na/c1-5-7-9-11-20-41(21-12-10-8-6-2)27-14-16-29-31-26-34(43)30(38(44)37(31)39(45)52-35(29)24-27)17-19-36-40(3,4)32-25-28(54(49,50)51)15-18-33(32)42(36)22-13-23-53(46,47)48;/h14-19,24-25,30H,5-13,20-23,26H2,1-4H3,(H-,46,47,48,49,50,51);/q;+1/p-1/b19-17+;. The third-order valence-electron chi connectivity index (χ3n) is 10.5. The minimum absolute atomic E-state index is 0. The summed E-state index contributed by atoms with van der Waals surface area (Å²) in [5.74, 6) is -3.11. The van der Waals surface area contributed by atoms with Gasteiger partial charge in [0.1, 0.15) is 33.7 Å². The van der Waals surface area contributed by atoms with Crippen LogP contribution in [0.3, 0.4) is 0 Å². The molecule has 15 heteroatoms. The SMILES string of the molecule is CCCCCCN(CCCCCC)c1ccc2c3c(c(=O)oc2c1)C(=O)C(/C=C/C1=[N+](CCCS(=O)(=O)[O-])c2ccc(S(=O)(=O)[O-])cc2C1(C)C)C(=O)C3.[Na+]. The number of hydrogen-bond donors (Lipinski definition) is 0. The molecule has 1 aliphatic heterocycles. The first-order valence-electron chi connectivity index (χ1n) is 18.8. The molecule has 1 aliphatic carbocycles. The number of ketones is 2. The number of rotatable bonds is 18. The fourth-order valence-corrected chi connectivity index (χ4v) is 8.61. The first-order chi connectivity index (χ1) is 25.5. The van der Waals surface area contributed by atoms with E-state index in [0.717, 1.165) is 76.2 Å². The summed E-state index contributed by atoms with van der Waals surface area (Å²) in [4.78, 5) is 43.0. The summed E-state index contributed by atoms with van der Waals surface area (Å²) in [6, 6.07) is 9.43. The second-order valence-electron chi connectivity index (χ2n) is 14.8. The van der Waals surface area contributed by atoms with Crippen molar-refractivity contribution < 1.29 is 74.1 Å². The van der Waals surface area contributed by atoms with Gasteiger partial charge in [0.05, 0.1) is 20.4 Å². The molecule has 1 atom stereocenters. The molecule has 55 heavy (non-hydrogen) atoms. The summed E-state index contributed by atoms with van der Waals surface area (Å²) in [6.07, 6.45) is 11.6. The van der Waals surface area contributed by atoms with E-state index in [0.29, 0.717) is 33.5 Å². The Labute approximate surface area is 345 Å². The number of nitrogens with zero attached hydrogens (tertiary/aromatic N) is 2. The van der Waals surface area contributed by atoms with Crippen LogP contribution in [0.4, 0.5) is 11.4 Å². The molecule has 0 bridgehead atoms. The molecule has 1 unspecified atom stereocenters. The number of anilines is 1. The predicted octanol–water partition coefficient (Wildman–Crippen LogP) is 3.16. The van der Waals surface area contributed by atoms with Gasteiger partial charge in [0, 0.05) is 66.5 Å². The van der Waals surface area contributed by atoms with Crippen molar-refractivity contribution in [2.75, 3.05) is 30.3 Å². The Bertz CT molecular complexity index is 2270. The van der Waals surface area contributed by atoms with E-state index in [9.17, 15) is 40.3 Å². The number of benzene rings is 2. The minimum atomic E-state index is -4.80. The van der Waals surface area contributed by atoms with Gasteiger partial charge in [-0.1, -0.05) is 58.4 Å². The fraction of sp³-hybridized carbons (Fsp3) is 0.500. The van der Waals surface area contributed by atoms with Gasteiger partial charge in [0.2, 0.25) is 5.69 Å². The maximum Gasteiger partial charge on any atom is 1.00 e. The molecule has 2 heterocycles. The van der Waals surface area contributed by atoms with Gasteiger partial charge in [-0.15, -0.1) is 0 Å². The molecule has 0 fully saturated rings. The van der Waals surface area contributed by atoms with Crippen LogP contribution in [0, 0.1) is 5.92 Å². The molecule has 0 spiro atoms. The Hall–Kier alpha value is -2.98. The van der Waals surface area contributed by atoms with Crippen LogP contribution in [0.5, 0.6) is 0 Å². The average Bonchev–Trinajstić information content (AvgIpc) is 3.30. The van der Waals surface area contributed by atoms with E-state index in [-0.39, 0.29) is 54.5 Å². The maximum atomic E-state index is 13.9. The van der Waals surface area contributed by atoms with Gasteiger partial charge in [-0.05, 0) is 56.5 Å². The zero-order valence-electron chi connectivity index (χ0n) is 32.4. The summed E-state index contributed by atoms with van der Waals surface area (Å²) in [7, 11) is -9.33. The Balaban J connectivity index is 0.00000673. The summed E-state index contributed by atoms with van der Waals surface area (Å²) in [6.45, 7) is 9.62. The van der Waals surface area contributed by atoms with Crippen molar-refractivity contribution >= 4 is 59.9 Å². The largest absolute Gasteiger partial charge is 1.00 e. The van der Waals surface area contributed by atoms with Crippen LogP contribution >= 0.6 is 0 Å². The molecule has 0 saturated heterocycles. The quantitative estimate of drug-likeness (QED) is 0.0460. The molecule has 2 aliphatic rings. The third kappa shape index (κ3) is 10.3. The van der Waals surface area contributed by atoms with E-state index in [1.807, 2.05) is 18.2 Å². The van der Waals surface area contributed by atoms with Crippen molar-refractivity contribution in [3.63, 3.8) is 0 Å². The zero-order valence-corrected chi connectivity index (χ0v) is 36.0. The molecule has 0 N–H and O–H groups in total. The smallest absolute Gasteiger partial charge is 0.748 e. The van der Waals surface area contributed by atoms with E-state index in [2.05, 4.69) is 18.7 Å². The Morgan fingerprint density at radius 1 is 0.891 bits per heavy atom. The van der Waals surface area contributed by atoms with Crippen LogP contribution in [-0.2, 0) is 36.9 Å². The molecular weight excluding hydrogens is 756 g/mol. The molecular formula is C40H49N2NaO10S2. The molecule has 12 nitrogen and oxygen atoms in total. The van der Waals surface area contributed by atoms with Crippen molar-refractivity contribution in [1.82, 2.24) is 0 Å². The van der Waals surface area contributed by atoms with E-state index < -0.39 is 59.4 Å². The molecule has 3 aromatic rings. The summed E-state index contributed by atoms with van der Waals surface area (Å²) < 4.78 is 77.2. The van der Waals surface area contributed by atoms with Crippen molar-refractivity contribution in [2.24, 2.45) is 5.92 Å². The topological polar surface area (TPSA) is 185 Å². The van der Waals surface area contributed by atoms with Gasteiger partial charge in [0.25, 0.3) is 0 Å². The van der Waals surface area contributed by atoms with E-state index >= 15 is 0 Å². The van der Waals surface area contributed by atoms with Crippen molar-refractivity contribution in [3.8, 4) is 0 Å². The zero-order chi connectivity index (χ0) is 39.4. The van der Waals surface area contributed by atoms with Gasteiger partial charge in [-0.2, -0.15) is 4.58 Å². The molecule has 0 radical (unpaired) electrons. The van der Waals surface area contributed by atoms with Gasteiger partial charge >= 0.3 is 35.2 Å². The average molecular weight is 805 g/mol. The number of hydrogen-bond acceptors (Lipinski definition) is 11. The normalized spacial score (nSPS) is 16.8. The summed E-state index contributed by atoms with van der Waals surface area (Å²) in [5, 5.41) is 0.528. The number of carbonyl (C=O) groups excluding carboxylic acids is 2. The van der Waals surface area contributed by atoms with E-state index in [1.54, 1.807) is 18.4 Å². The van der Waals surface area contributed by atoms with Crippen LogP contribution in [0.1, 0.15) is 107 Å². The minimum Gasteiger partial charge on any atom is -0.748 e. The second kappa shape index (κ2) is 18.5. The van der Waals surface area contributed by atoms with Crippen LogP contribution < -0.4 is 40.1 Å². The number of carbonyl (C=O) groups is 2. The second-order valence-corrected chi connectivity index (χ2v) is 17.7. The molecule has 2 aromatic carbocycles. The Kier molecular flexibility index (Phi) is 15.1. The molecule has 292 valence electrons. The summed E-state index contributed by atoms with van der Waals surface area (Å²) >= 11 is 0. The van der Waals surface area contributed by atoms with Gasteiger partial charge < -0.3 is 18.4 Å². The summed E-state index contributed by atoms with van der Waals surface area (Å²) in [5.41, 5.74) is 0.984. The number of unbranched alkanes of at least 4 members (excludes halogenated alkanes) is 6. The first-order valence-corrected chi connectivity index (χ1v) is 21.7. The molecule has 0 saturated carbocycles. The van der Waals surface area contributed by atoms with Crippen molar-refractivity contribution in [3.05, 3.63) is 75.7 Å². The predicted molar refractivity (Wildman–Crippen MR) is 205 cm³/mol. The fourth-order valence-electron chi connectivity index (χ4n) is 7.63. The molecule has 5 rings (SSSR count). The van der Waals surface area contributed by atoms with Crippen molar-refractivity contribution in [2.45, 2.75) is 102 Å². The molecule has 0 amide bonds. The monoisotopic (exact) mass is 804 g/mol. The van der Waals surface area contributed by atoms with Crippen LogP contribution in [-0.4, -0.2) is 73.2 Å². The van der Waals surface area contributed by atoms with E-state index in [4.69, 9.17) is 4.42 Å². The molecule has 1 aromatic heterocycles. The maximum absolute atomic E-state index is 13.9. The van der Waals surface area contributed by atoms with Crippen molar-refractivity contribution in [1.29, 1.82) is 0 Å². The Morgan fingerprint density at radius 3 is 2.15 bits per heavy atom.